The molecule has 3 N–H and O–H groups in total. The second-order valence-electron chi connectivity index (χ2n) is 4.35. The molecular formula is C13H12BrN3OS. The summed E-state index contributed by atoms with van der Waals surface area (Å²) in [6.07, 6.45) is 0. The van der Waals surface area contributed by atoms with Gasteiger partial charge in [0.15, 0.2) is 0 Å². The molecule has 19 heavy (non-hydrogen) atoms. The van der Waals surface area contributed by atoms with Crippen molar-refractivity contribution in [3.05, 3.63) is 45.1 Å². The SMILES string of the molecule is Nc1cccc(N2CC(c3ccc(Br)s3)NC2=O)c1. The monoisotopic (exact) mass is 337 g/mol. The first-order chi connectivity index (χ1) is 9.13. The summed E-state index contributed by atoms with van der Waals surface area (Å²) in [6, 6.07) is 11.3. The number of rotatable bonds is 2. The minimum atomic E-state index is -0.0832. The maximum Gasteiger partial charge on any atom is 0.322 e. The molecule has 3 rings (SSSR count). The first-order valence-electron chi connectivity index (χ1n) is 5.82. The molecule has 6 heteroatoms. The molecule has 98 valence electrons. The molecule has 1 atom stereocenters. The second-order valence-corrected chi connectivity index (χ2v) is 6.84. The minimum absolute atomic E-state index is 0.0326. The van der Waals surface area contributed by atoms with Crippen molar-refractivity contribution in [3.8, 4) is 0 Å². The molecule has 0 radical (unpaired) electrons. The van der Waals surface area contributed by atoms with Crippen molar-refractivity contribution in [2.45, 2.75) is 6.04 Å². The predicted octanol–water partition coefficient (Wildman–Crippen LogP) is 3.36. The number of carbonyl (C=O) groups is 1. The van der Waals surface area contributed by atoms with Crippen LogP contribution >= 0.6 is 27.3 Å². The maximum absolute atomic E-state index is 12.0. The lowest BCUT2D eigenvalue weighted by molar-refractivity contribution is 0.251. The topological polar surface area (TPSA) is 58.4 Å². The second kappa shape index (κ2) is 4.86. The van der Waals surface area contributed by atoms with E-state index in [0.29, 0.717) is 12.2 Å². The van der Waals surface area contributed by atoms with Crippen LogP contribution in [0.3, 0.4) is 0 Å². The molecule has 0 saturated carbocycles. The number of halogens is 1. The van der Waals surface area contributed by atoms with Crippen molar-refractivity contribution in [1.82, 2.24) is 5.32 Å². The lowest BCUT2D eigenvalue weighted by Crippen LogP contribution is -2.27. The zero-order valence-electron chi connectivity index (χ0n) is 9.97. The first kappa shape index (κ1) is 12.5. The van der Waals surface area contributed by atoms with Crippen LogP contribution in [0, 0.1) is 0 Å². The van der Waals surface area contributed by atoms with Gasteiger partial charge in [0.1, 0.15) is 0 Å². The van der Waals surface area contributed by atoms with Crippen LogP contribution in [0.5, 0.6) is 0 Å². The Kier molecular flexibility index (Phi) is 3.20. The van der Waals surface area contributed by atoms with Crippen molar-refractivity contribution in [2.75, 3.05) is 17.2 Å². The Hall–Kier alpha value is -1.53. The zero-order valence-corrected chi connectivity index (χ0v) is 12.4. The Bertz CT molecular complexity index is 628. The number of hydrogen-bond acceptors (Lipinski definition) is 3. The van der Waals surface area contributed by atoms with Crippen LogP contribution in [0.1, 0.15) is 10.9 Å². The summed E-state index contributed by atoms with van der Waals surface area (Å²) in [5.41, 5.74) is 7.25. The van der Waals surface area contributed by atoms with E-state index >= 15 is 0 Å². The lowest BCUT2D eigenvalue weighted by Gasteiger charge is -2.14. The van der Waals surface area contributed by atoms with Gasteiger partial charge in [0.2, 0.25) is 0 Å². The zero-order chi connectivity index (χ0) is 13.4. The van der Waals surface area contributed by atoms with Crippen LogP contribution in [0.25, 0.3) is 0 Å². The van der Waals surface area contributed by atoms with Gasteiger partial charge in [-0.05, 0) is 46.3 Å². The van der Waals surface area contributed by atoms with Crippen LogP contribution in [0.4, 0.5) is 16.2 Å². The van der Waals surface area contributed by atoms with Crippen LogP contribution < -0.4 is 16.0 Å². The highest BCUT2D eigenvalue weighted by molar-refractivity contribution is 9.11. The highest BCUT2D eigenvalue weighted by Gasteiger charge is 2.31. The van der Waals surface area contributed by atoms with Gasteiger partial charge < -0.3 is 11.1 Å². The van der Waals surface area contributed by atoms with E-state index in [-0.39, 0.29) is 12.1 Å². The number of thiophene rings is 1. The van der Waals surface area contributed by atoms with Crippen LogP contribution in [-0.4, -0.2) is 12.6 Å². The van der Waals surface area contributed by atoms with Gasteiger partial charge in [-0.1, -0.05) is 6.07 Å². The molecular weight excluding hydrogens is 326 g/mol. The third-order valence-electron chi connectivity index (χ3n) is 3.03. The van der Waals surface area contributed by atoms with Crippen molar-refractivity contribution >= 4 is 44.7 Å². The summed E-state index contributed by atoms with van der Waals surface area (Å²) < 4.78 is 1.07. The number of carbonyl (C=O) groups excluding carboxylic acids is 1. The normalized spacial score (nSPS) is 18.7. The van der Waals surface area contributed by atoms with E-state index in [4.69, 9.17) is 5.73 Å². The smallest absolute Gasteiger partial charge is 0.322 e. The molecule has 1 unspecified atom stereocenters. The number of benzene rings is 1. The van der Waals surface area contributed by atoms with Crippen LogP contribution in [0.15, 0.2) is 40.2 Å². The van der Waals surface area contributed by atoms with E-state index in [9.17, 15) is 4.79 Å². The number of nitrogens with two attached hydrogens (primary N) is 1. The minimum Gasteiger partial charge on any atom is -0.399 e. The Balaban J connectivity index is 1.84. The standard InChI is InChI=1S/C13H12BrN3OS/c14-12-5-4-11(19-12)10-7-17(13(18)16-10)9-3-1-2-8(15)6-9/h1-6,10H,7,15H2,(H,16,18). The first-order valence-corrected chi connectivity index (χ1v) is 7.43. The van der Waals surface area contributed by atoms with Gasteiger partial charge in [0, 0.05) is 16.3 Å². The number of anilines is 2. The molecule has 2 amide bonds. The van der Waals surface area contributed by atoms with Gasteiger partial charge in [-0.15, -0.1) is 11.3 Å². The van der Waals surface area contributed by atoms with E-state index < -0.39 is 0 Å². The van der Waals surface area contributed by atoms with E-state index in [1.54, 1.807) is 16.2 Å². The van der Waals surface area contributed by atoms with Crippen molar-refractivity contribution < 1.29 is 4.79 Å². The molecule has 0 aliphatic carbocycles. The summed E-state index contributed by atoms with van der Waals surface area (Å²) in [5.74, 6) is 0. The number of nitrogens with zero attached hydrogens (tertiary/aromatic N) is 1. The highest BCUT2D eigenvalue weighted by Crippen LogP contribution is 2.32. The summed E-state index contributed by atoms with van der Waals surface area (Å²) in [4.78, 5) is 14.9. The maximum atomic E-state index is 12.0. The average Bonchev–Trinajstić information content (AvgIpc) is 2.95. The van der Waals surface area contributed by atoms with Gasteiger partial charge in [0.25, 0.3) is 0 Å². The fraction of sp³-hybridized carbons (Fsp3) is 0.154. The van der Waals surface area contributed by atoms with Crippen molar-refractivity contribution in [2.24, 2.45) is 0 Å². The third kappa shape index (κ3) is 2.46. The molecule has 1 aromatic carbocycles. The number of amides is 2. The molecule has 1 aliphatic rings. The van der Waals surface area contributed by atoms with E-state index in [2.05, 4.69) is 21.2 Å². The van der Waals surface area contributed by atoms with Gasteiger partial charge in [0.05, 0.1) is 16.4 Å². The van der Waals surface area contributed by atoms with E-state index in [1.165, 1.54) is 0 Å². The molecule has 1 saturated heterocycles. The fourth-order valence-corrected chi connectivity index (χ4v) is 3.60. The van der Waals surface area contributed by atoms with Gasteiger partial charge in [-0.2, -0.15) is 0 Å². The summed E-state index contributed by atoms with van der Waals surface area (Å²) >= 11 is 5.08. The van der Waals surface area contributed by atoms with Gasteiger partial charge >= 0.3 is 6.03 Å². The average molecular weight is 338 g/mol. The Morgan fingerprint density at radius 1 is 1.37 bits per heavy atom. The quantitative estimate of drug-likeness (QED) is 0.825. The largest absolute Gasteiger partial charge is 0.399 e. The van der Waals surface area contributed by atoms with Crippen LogP contribution in [-0.2, 0) is 0 Å². The molecule has 1 aliphatic heterocycles. The molecule has 4 nitrogen and oxygen atoms in total. The van der Waals surface area contributed by atoms with E-state index in [1.807, 2.05) is 36.4 Å². The Labute approximate surface area is 123 Å². The third-order valence-corrected chi connectivity index (χ3v) is 4.76. The highest BCUT2D eigenvalue weighted by atomic mass is 79.9. The summed E-state index contributed by atoms with van der Waals surface area (Å²) in [7, 11) is 0. The van der Waals surface area contributed by atoms with Gasteiger partial charge in [-0.3, -0.25) is 4.90 Å². The summed E-state index contributed by atoms with van der Waals surface area (Å²) in [6.45, 7) is 0.620. The fourth-order valence-electron chi connectivity index (χ4n) is 2.13. The molecule has 1 fully saturated rings. The van der Waals surface area contributed by atoms with Crippen LogP contribution in [0.2, 0.25) is 0 Å². The number of hydrogen-bond donors (Lipinski definition) is 2. The molecule has 2 aromatic rings. The van der Waals surface area contributed by atoms with E-state index in [0.717, 1.165) is 14.4 Å². The predicted molar refractivity (Wildman–Crippen MR) is 81.5 cm³/mol. The number of nitrogens with one attached hydrogen (secondary N) is 1. The molecule has 0 spiro atoms. The van der Waals surface area contributed by atoms with Gasteiger partial charge in [-0.25, -0.2) is 4.79 Å². The Morgan fingerprint density at radius 2 is 2.21 bits per heavy atom. The molecule has 1 aromatic heterocycles. The number of nitrogen functional groups attached to an aromatic ring is 1. The lowest BCUT2D eigenvalue weighted by atomic mass is 10.2. The Morgan fingerprint density at radius 3 is 2.89 bits per heavy atom. The molecule has 2 heterocycles. The van der Waals surface area contributed by atoms with Crippen molar-refractivity contribution in [3.63, 3.8) is 0 Å². The molecule has 0 bridgehead atoms. The summed E-state index contributed by atoms with van der Waals surface area (Å²) in [5, 5.41) is 2.99. The van der Waals surface area contributed by atoms with Crippen molar-refractivity contribution in [1.29, 1.82) is 0 Å². The number of urea groups is 1.